The monoisotopic (exact) mass is 430 g/mol. The molecule has 2 atom stereocenters. The third-order valence-corrected chi connectivity index (χ3v) is 5.58. The quantitative estimate of drug-likeness (QED) is 0.673. The van der Waals surface area contributed by atoms with Crippen molar-refractivity contribution in [2.45, 2.75) is 46.1 Å². The molecule has 1 amide bonds. The minimum atomic E-state index is -0.0812. The maximum absolute atomic E-state index is 13.4. The number of imidazole rings is 1. The molecule has 4 heterocycles. The molecule has 1 fully saturated rings. The summed E-state index contributed by atoms with van der Waals surface area (Å²) in [5.74, 6) is -0.0812. The summed E-state index contributed by atoms with van der Waals surface area (Å²) in [6, 6.07) is 5.65. The van der Waals surface area contributed by atoms with Gasteiger partial charge in [0.2, 0.25) is 0 Å². The van der Waals surface area contributed by atoms with Gasteiger partial charge in [-0.15, -0.1) is 0 Å². The summed E-state index contributed by atoms with van der Waals surface area (Å²) in [6.07, 6.45) is 1.80. The van der Waals surface area contributed by atoms with Crippen LogP contribution in [0, 0.1) is 6.92 Å². The van der Waals surface area contributed by atoms with Crippen LogP contribution >= 0.6 is 11.6 Å². The molecule has 0 saturated carbocycles. The van der Waals surface area contributed by atoms with E-state index in [1.165, 1.54) is 0 Å². The van der Waals surface area contributed by atoms with Crippen molar-refractivity contribution in [3.8, 4) is 0 Å². The van der Waals surface area contributed by atoms with Gasteiger partial charge >= 0.3 is 0 Å². The van der Waals surface area contributed by atoms with E-state index in [1.54, 1.807) is 12.3 Å². The largest absolute Gasteiger partial charge is 0.372 e. The van der Waals surface area contributed by atoms with Gasteiger partial charge in [-0.1, -0.05) is 11.6 Å². The van der Waals surface area contributed by atoms with E-state index in [0.717, 1.165) is 17.1 Å². The van der Waals surface area contributed by atoms with Crippen LogP contribution in [0.2, 0.25) is 5.02 Å². The first-order valence-electron chi connectivity index (χ1n) is 10.1. The number of halogens is 1. The Balaban J connectivity index is 1.61. The Morgan fingerprint density at radius 1 is 1.27 bits per heavy atom. The second kappa shape index (κ2) is 8.37. The molecule has 0 aromatic carbocycles. The van der Waals surface area contributed by atoms with Gasteiger partial charge in [0.05, 0.1) is 28.6 Å². The van der Waals surface area contributed by atoms with Crippen molar-refractivity contribution in [1.82, 2.24) is 29.4 Å². The lowest BCUT2D eigenvalue weighted by Gasteiger charge is -2.35. The predicted molar refractivity (Wildman–Crippen MR) is 115 cm³/mol. The minimum Gasteiger partial charge on any atom is -0.372 e. The first-order chi connectivity index (χ1) is 14.3. The molecule has 1 N–H and O–H groups in total. The molecular weight excluding hydrogens is 404 g/mol. The third kappa shape index (κ3) is 4.21. The molecule has 4 rings (SSSR count). The van der Waals surface area contributed by atoms with Crippen LogP contribution in [-0.2, 0) is 24.9 Å². The fourth-order valence-corrected chi connectivity index (χ4v) is 4.09. The highest BCUT2D eigenvalue weighted by Gasteiger charge is 2.30. The zero-order chi connectivity index (χ0) is 21.4. The first-order valence-corrected chi connectivity index (χ1v) is 10.5. The Hall–Kier alpha value is -2.42. The normalized spacial score (nSPS) is 19.6. The van der Waals surface area contributed by atoms with Gasteiger partial charge in [0.1, 0.15) is 5.65 Å². The average Bonchev–Trinajstić information content (AvgIpc) is 3.20. The number of morpholine rings is 1. The molecule has 0 aliphatic carbocycles. The summed E-state index contributed by atoms with van der Waals surface area (Å²) >= 11 is 6.22. The number of nitrogens with one attached hydrogen (secondary N) is 1. The number of nitrogens with zero attached hydrogens (tertiary/aromatic N) is 5. The molecule has 0 bridgehead atoms. The third-order valence-electron chi connectivity index (χ3n) is 5.35. The summed E-state index contributed by atoms with van der Waals surface area (Å²) in [5, 5.41) is 8.46. The Kier molecular flexibility index (Phi) is 5.81. The Labute approximate surface area is 180 Å². The number of fused-ring (bicyclic) bond motifs is 1. The molecule has 3 aromatic rings. The van der Waals surface area contributed by atoms with E-state index in [4.69, 9.17) is 16.3 Å². The van der Waals surface area contributed by atoms with E-state index >= 15 is 0 Å². The van der Waals surface area contributed by atoms with Gasteiger partial charge in [-0.2, -0.15) is 5.10 Å². The molecule has 1 aliphatic rings. The van der Waals surface area contributed by atoms with E-state index < -0.39 is 0 Å². The SMILES string of the molecule is Cc1cc(CNCc2c(C(=O)N3C[C@@H](C)O[C@@H](C)C3)nc3ccc(Cl)cn23)nn1C. The zero-order valence-corrected chi connectivity index (χ0v) is 18.5. The highest BCUT2D eigenvalue weighted by molar-refractivity contribution is 6.30. The van der Waals surface area contributed by atoms with Crippen LogP contribution in [0.25, 0.3) is 5.65 Å². The van der Waals surface area contributed by atoms with Crippen molar-refractivity contribution in [1.29, 1.82) is 0 Å². The molecule has 0 spiro atoms. The van der Waals surface area contributed by atoms with Crippen molar-refractivity contribution in [2.75, 3.05) is 13.1 Å². The number of hydrogen-bond acceptors (Lipinski definition) is 5. The molecule has 160 valence electrons. The molecule has 9 heteroatoms. The maximum Gasteiger partial charge on any atom is 0.274 e. The number of carbonyl (C=O) groups excluding carboxylic acids is 1. The van der Waals surface area contributed by atoms with Crippen molar-refractivity contribution >= 4 is 23.2 Å². The second-order valence-corrected chi connectivity index (χ2v) is 8.39. The van der Waals surface area contributed by atoms with Crippen molar-refractivity contribution in [3.63, 3.8) is 0 Å². The number of rotatable bonds is 5. The summed E-state index contributed by atoms with van der Waals surface area (Å²) in [5.41, 5.74) is 3.98. The topological polar surface area (TPSA) is 76.7 Å². The summed E-state index contributed by atoms with van der Waals surface area (Å²) in [4.78, 5) is 19.8. The van der Waals surface area contributed by atoms with Gasteiger partial charge < -0.3 is 19.4 Å². The standard InChI is InChI=1S/C21H27ClN6O2/c1-13-7-17(25-26(13)4)8-23-9-18-20(24-19-6-5-16(22)12-28(18)19)21(29)27-10-14(2)30-15(3)11-27/h5-7,12,14-15,23H,8-11H2,1-4H3/t14-,15+. The van der Waals surface area contributed by atoms with Crippen LogP contribution in [-0.4, -0.2) is 55.3 Å². The van der Waals surface area contributed by atoms with Crippen molar-refractivity contribution < 1.29 is 9.53 Å². The first kappa shape index (κ1) is 20.8. The number of aryl methyl sites for hydroxylation is 2. The van der Waals surface area contributed by atoms with E-state index in [9.17, 15) is 4.79 Å². The van der Waals surface area contributed by atoms with E-state index in [0.29, 0.717) is 42.5 Å². The van der Waals surface area contributed by atoms with Crippen molar-refractivity contribution in [3.05, 3.63) is 52.2 Å². The summed E-state index contributed by atoms with van der Waals surface area (Å²) in [6.45, 7) is 8.15. The van der Waals surface area contributed by atoms with E-state index in [2.05, 4.69) is 15.4 Å². The lowest BCUT2D eigenvalue weighted by atomic mass is 10.2. The predicted octanol–water partition coefficient (Wildman–Crippen LogP) is 2.57. The highest BCUT2D eigenvalue weighted by Crippen LogP contribution is 2.20. The molecule has 8 nitrogen and oxygen atoms in total. The van der Waals surface area contributed by atoms with Gasteiger partial charge in [-0.3, -0.25) is 9.48 Å². The fraction of sp³-hybridized carbons (Fsp3) is 0.476. The zero-order valence-electron chi connectivity index (χ0n) is 17.7. The number of hydrogen-bond donors (Lipinski definition) is 1. The van der Waals surface area contributed by atoms with Gasteiger partial charge in [-0.05, 0) is 39.0 Å². The summed E-state index contributed by atoms with van der Waals surface area (Å²) in [7, 11) is 1.92. The average molecular weight is 431 g/mol. The van der Waals surface area contributed by atoms with Gasteiger partial charge in [0, 0.05) is 45.1 Å². The lowest BCUT2D eigenvalue weighted by Crippen LogP contribution is -2.48. The number of aromatic nitrogens is 4. The number of amides is 1. The Bertz CT molecular complexity index is 1050. The van der Waals surface area contributed by atoms with Crippen LogP contribution in [0.15, 0.2) is 24.4 Å². The van der Waals surface area contributed by atoms with Crippen LogP contribution in [0.3, 0.4) is 0 Å². The second-order valence-electron chi connectivity index (χ2n) is 7.95. The van der Waals surface area contributed by atoms with Crippen LogP contribution in [0.4, 0.5) is 0 Å². The minimum absolute atomic E-state index is 0.00172. The molecule has 1 saturated heterocycles. The molecular formula is C21H27ClN6O2. The Morgan fingerprint density at radius 2 is 2.00 bits per heavy atom. The maximum atomic E-state index is 13.4. The molecule has 1 aliphatic heterocycles. The Morgan fingerprint density at radius 3 is 2.67 bits per heavy atom. The number of carbonyl (C=O) groups is 1. The van der Waals surface area contributed by atoms with Crippen LogP contribution in [0.1, 0.15) is 41.4 Å². The molecule has 3 aromatic heterocycles. The summed E-state index contributed by atoms with van der Waals surface area (Å²) < 4.78 is 9.51. The van der Waals surface area contributed by atoms with Crippen molar-refractivity contribution in [2.24, 2.45) is 7.05 Å². The molecule has 0 radical (unpaired) electrons. The van der Waals surface area contributed by atoms with Gasteiger partial charge in [0.15, 0.2) is 5.69 Å². The number of pyridine rings is 1. The molecule has 30 heavy (non-hydrogen) atoms. The van der Waals surface area contributed by atoms with Gasteiger partial charge in [0.25, 0.3) is 5.91 Å². The lowest BCUT2D eigenvalue weighted by molar-refractivity contribution is -0.0587. The highest BCUT2D eigenvalue weighted by atomic mass is 35.5. The van der Waals surface area contributed by atoms with E-state index in [1.807, 2.05) is 53.9 Å². The molecule has 0 unspecified atom stereocenters. The number of ether oxygens (including phenoxy) is 1. The van der Waals surface area contributed by atoms with E-state index in [-0.39, 0.29) is 18.1 Å². The fourth-order valence-electron chi connectivity index (χ4n) is 3.93. The van der Waals surface area contributed by atoms with Crippen LogP contribution < -0.4 is 5.32 Å². The smallest absolute Gasteiger partial charge is 0.274 e. The van der Waals surface area contributed by atoms with Crippen LogP contribution in [0.5, 0.6) is 0 Å². The van der Waals surface area contributed by atoms with Gasteiger partial charge in [-0.25, -0.2) is 4.98 Å².